The summed E-state index contributed by atoms with van der Waals surface area (Å²) in [6.45, 7) is 2.93. The van der Waals surface area contributed by atoms with E-state index >= 15 is 0 Å². The second-order valence-electron chi connectivity index (χ2n) is 3.53. The second kappa shape index (κ2) is 5.88. The Kier molecular flexibility index (Phi) is 4.50. The van der Waals surface area contributed by atoms with Gasteiger partial charge in [0.05, 0.1) is 6.54 Å². The minimum Gasteiger partial charge on any atom is -0.370 e. The summed E-state index contributed by atoms with van der Waals surface area (Å²) in [6.07, 6.45) is 0. The third kappa shape index (κ3) is 3.78. The molecule has 17 heavy (non-hydrogen) atoms. The van der Waals surface area contributed by atoms with Crippen molar-refractivity contribution in [3.05, 3.63) is 6.07 Å². The fourth-order valence-electron chi connectivity index (χ4n) is 1.30. The maximum absolute atomic E-state index is 11.2. The van der Waals surface area contributed by atoms with Crippen LogP contribution in [0.15, 0.2) is 6.07 Å². The van der Waals surface area contributed by atoms with Crippen LogP contribution in [0, 0.1) is 0 Å². The average molecular weight is 238 g/mol. The third-order valence-corrected chi connectivity index (χ3v) is 2.14. The molecule has 0 aliphatic heterocycles. The Morgan fingerprint density at radius 2 is 2.24 bits per heavy atom. The van der Waals surface area contributed by atoms with Crippen LogP contribution in [-0.2, 0) is 4.79 Å². The molecule has 0 spiro atoms. The van der Waals surface area contributed by atoms with Crippen molar-refractivity contribution in [2.24, 2.45) is 0 Å². The Balaban J connectivity index is 2.85. The minimum atomic E-state index is -0.0883. The van der Waals surface area contributed by atoms with Gasteiger partial charge in [-0.1, -0.05) is 0 Å². The van der Waals surface area contributed by atoms with E-state index in [0.29, 0.717) is 11.6 Å². The molecule has 0 radical (unpaired) electrons. The van der Waals surface area contributed by atoms with Gasteiger partial charge in [-0.3, -0.25) is 4.79 Å². The molecule has 94 valence electrons. The summed E-state index contributed by atoms with van der Waals surface area (Å²) in [6, 6.07) is 1.75. The van der Waals surface area contributed by atoms with Crippen LogP contribution in [0.25, 0.3) is 0 Å². The van der Waals surface area contributed by atoms with Gasteiger partial charge in [0.2, 0.25) is 11.9 Å². The maximum atomic E-state index is 11.2. The number of nitrogens with zero attached hydrogens (tertiary/aromatic N) is 3. The summed E-state index contributed by atoms with van der Waals surface area (Å²) in [7, 11) is 3.36. The standard InChI is InChI=1S/C10H18N6O/c1-4-13-7-5-8(15-10(11)14-7)16(3)6-9(17)12-2/h5H,4,6H2,1-3H3,(H,12,17)(H3,11,13,14,15). The lowest BCUT2D eigenvalue weighted by Gasteiger charge is -2.18. The highest BCUT2D eigenvalue weighted by atomic mass is 16.1. The van der Waals surface area contributed by atoms with Gasteiger partial charge in [-0.05, 0) is 6.92 Å². The molecule has 1 aromatic heterocycles. The highest BCUT2D eigenvalue weighted by Gasteiger charge is 2.09. The molecule has 1 amide bonds. The molecule has 0 aliphatic rings. The SMILES string of the molecule is CCNc1cc(N(C)CC(=O)NC)nc(N)n1. The summed E-state index contributed by atoms with van der Waals surface area (Å²) in [5, 5.41) is 5.60. The van der Waals surface area contributed by atoms with Gasteiger partial charge in [-0.25, -0.2) is 0 Å². The first-order valence-electron chi connectivity index (χ1n) is 5.37. The molecule has 4 N–H and O–H groups in total. The largest absolute Gasteiger partial charge is 0.370 e. The number of aromatic nitrogens is 2. The van der Waals surface area contributed by atoms with E-state index in [0.717, 1.165) is 6.54 Å². The lowest BCUT2D eigenvalue weighted by atomic mass is 10.4. The number of nitrogen functional groups attached to an aromatic ring is 1. The highest BCUT2D eigenvalue weighted by Crippen LogP contribution is 2.15. The quantitative estimate of drug-likeness (QED) is 0.650. The monoisotopic (exact) mass is 238 g/mol. The zero-order valence-electron chi connectivity index (χ0n) is 10.3. The molecule has 0 aromatic carbocycles. The molecular weight excluding hydrogens is 220 g/mol. The molecule has 0 unspecified atom stereocenters. The topological polar surface area (TPSA) is 96.2 Å². The zero-order chi connectivity index (χ0) is 12.8. The summed E-state index contributed by atoms with van der Waals surface area (Å²) in [5.74, 6) is 1.35. The number of hydrogen-bond donors (Lipinski definition) is 3. The number of nitrogens with one attached hydrogen (secondary N) is 2. The van der Waals surface area contributed by atoms with E-state index in [1.54, 1.807) is 25.1 Å². The van der Waals surface area contributed by atoms with Crippen LogP contribution in [0.3, 0.4) is 0 Å². The van der Waals surface area contributed by atoms with Crippen molar-refractivity contribution in [2.75, 3.05) is 43.1 Å². The normalized spacial score (nSPS) is 9.82. The predicted molar refractivity (Wildman–Crippen MR) is 67.9 cm³/mol. The first-order valence-corrected chi connectivity index (χ1v) is 5.37. The number of rotatable bonds is 5. The first-order chi connectivity index (χ1) is 8.06. The molecule has 0 atom stereocenters. The lowest BCUT2D eigenvalue weighted by molar-refractivity contribution is -0.119. The van der Waals surface area contributed by atoms with E-state index in [-0.39, 0.29) is 18.4 Å². The van der Waals surface area contributed by atoms with Gasteiger partial charge in [-0.15, -0.1) is 0 Å². The van der Waals surface area contributed by atoms with Gasteiger partial charge in [0.25, 0.3) is 0 Å². The smallest absolute Gasteiger partial charge is 0.239 e. The van der Waals surface area contributed by atoms with Gasteiger partial charge in [-0.2, -0.15) is 9.97 Å². The van der Waals surface area contributed by atoms with Gasteiger partial charge in [0.1, 0.15) is 11.6 Å². The summed E-state index contributed by atoms with van der Waals surface area (Å²) < 4.78 is 0. The molecule has 1 heterocycles. The number of likely N-dealkylation sites (N-methyl/N-ethyl adjacent to an activating group) is 2. The molecule has 7 nitrogen and oxygen atoms in total. The molecule has 0 saturated heterocycles. The van der Waals surface area contributed by atoms with Crippen LogP contribution in [0.2, 0.25) is 0 Å². The van der Waals surface area contributed by atoms with E-state index in [4.69, 9.17) is 5.73 Å². The molecular formula is C10H18N6O. The Morgan fingerprint density at radius 3 is 2.82 bits per heavy atom. The Morgan fingerprint density at radius 1 is 1.53 bits per heavy atom. The Hall–Kier alpha value is -2.05. The van der Waals surface area contributed by atoms with Crippen molar-refractivity contribution in [2.45, 2.75) is 6.92 Å². The van der Waals surface area contributed by atoms with Gasteiger partial charge in [0.15, 0.2) is 0 Å². The number of anilines is 3. The van der Waals surface area contributed by atoms with Crippen molar-refractivity contribution in [3.8, 4) is 0 Å². The third-order valence-electron chi connectivity index (χ3n) is 2.14. The van der Waals surface area contributed by atoms with Crippen LogP contribution in [0.5, 0.6) is 0 Å². The summed E-state index contributed by atoms with van der Waals surface area (Å²) >= 11 is 0. The van der Waals surface area contributed by atoms with E-state index in [9.17, 15) is 4.79 Å². The van der Waals surface area contributed by atoms with Crippen LogP contribution in [0.4, 0.5) is 17.6 Å². The van der Waals surface area contributed by atoms with Crippen molar-refractivity contribution in [1.82, 2.24) is 15.3 Å². The number of carbonyl (C=O) groups excluding carboxylic acids is 1. The maximum Gasteiger partial charge on any atom is 0.239 e. The molecule has 1 aromatic rings. The number of amides is 1. The Bertz CT molecular complexity index is 394. The molecule has 7 heteroatoms. The zero-order valence-corrected chi connectivity index (χ0v) is 10.3. The van der Waals surface area contributed by atoms with E-state index in [1.165, 1.54) is 0 Å². The van der Waals surface area contributed by atoms with E-state index in [1.807, 2.05) is 6.92 Å². The van der Waals surface area contributed by atoms with Crippen LogP contribution in [-0.4, -0.2) is 43.1 Å². The number of hydrogen-bond acceptors (Lipinski definition) is 6. The van der Waals surface area contributed by atoms with Crippen molar-refractivity contribution < 1.29 is 4.79 Å². The first kappa shape index (κ1) is 13.0. The van der Waals surface area contributed by atoms with Gasteiger partial charge in [0, 0.05) is 26.7 Å². The molecule has 0 saturated carbocycles. The van der Waals surface area contributed by atoms with Crippen molar-refractivity contribution >= 4 is 23.5 Å². The second-order valence-corrected chi connectivity index (χ2v) is 3.53. The minimum absolute atomic E-state index is 0.0883. The molecule has 0 bridgehead atoms. The lowest BCUT2D eigenvalue weighted by Crippen LogP contribution is -2.33. The average Bonchev–Trinajstić information content (AvgIpc) is 2.28. The van der Waals surface area contributed by atoms with E-state index in [2.05, 4.69) is 20.6 Å². The number of nitrogens with two attached hydrogens (primary N) is 1. The fraction of sp³-hybridized carbons (Fsp3) is 0.500. The summed E-state index contributed by atoms with van der Waals surface area (Å²) in [5.41, 5.74) is 5.60. The Labute approximate surface area is 100 Å². The van der Waals surface area contributed by atoms with Crippen LogP contribution in [0.1, 0.15) is 6.92 Å². The highest BCUT2D eigenvalue weighted by molar-refractivity contribution is 5.80. The summed E-state index contributed by atoms with van der Waals surface area (Å²) in [4.78, 5) is 21.1. The number of carbonyl (C=O) groups is 1. The van der Waals surface area contributed by atoms with Gasteiger partial charge < -0.3 is 21.3 Å². The molecule has 0 fully saturated rings. The predicted octanol–water partition coefficient (Wildman–Crippen LogP) is -0.327. The molecule has 1 rings (SSSR count). The fourth-order valence-corrected chi connectivity index (χ4v) is 1.30. The van der Waals surface area contributed by atoms with Crippen molar-refractivity contribution in [1.29, 1.82) is 0 Å². The van der Waals surface area contributed by atoms with Crippen LogP contribution >= 0.6 is 0 Å². The van der Waals surface area contributed by atoms with Gasteiger partial charge >= 0.3 is 0 Å². The molecule has 0 aliphatic carbocycles. The van der Waals surface area contributed by atoms with Crippen molar-refractivity contribution in [3.63, 3.8) is 0 Å². The van der Waals surface area contributed by atoms with Crippen LogP contribution < -0.4 is 21.3 Å². The van der Waals surface area contributed by atoms with E-state index < -0.39 is 0 Å².